The topological polar surface area (TPSA) is 90.7 Å². The van der Waals surface area contributed by atoms with Crippen LogP contribution >= 0.6 is 11.6 Å². The highest BCUT2D eigenvalue weighted by Crippen LogP contribution is 2.38. The van der Waals surface area contributed by atoms with Gasteiger partial charge in [0.2, 0.25) is 12.0 Å². The first kappa shape index (κ1) is 26.0. The van der Waals surface area contributed by atoms with E-state index in [0.717, 1.165) is 18.2 Å². The molecule has 11 heteroatoms. The minimum absolute atomic E-state index is 0.0494. The molecule has 3 aromatic carbocycles. The smallest absolute Gasteiger partial charge is 0.416 e. The highest BCUT2D eigenvalue weighted by molar-refractivity contribution is 6.30. The van der Waals surface area contributed by atoms with Gasteiger partial charge in [-0.15, -0.1) is 0 Å². The number of hydrogen-bond donors (Lipinski definition) is 1. The fourth-order valence-corrected chi connectivity index (χ4v) is 3.65. The van der Waals surface area contributed by atoms with Crippen LogP contribution in [0.2, 0.25) is 5.02 Å². The zero-order chi connectivity index (χ0) is 26.6. The zero-order valence-electron chi connectivity index (χ0n) is 19.3. The van der Waals surface area contributed by atoms with Gasteiger partial charge in [0.25, 0.3) is 5.91 Å². The molecular weight excluding hydrogens is 513 g/mol. The number of carbonyl (C=O) groups is 2. The molecule has 1 N–H and O–H groups in total. The van der Waals surface area contributed by atoms with E-state index in [1.165, 1.54) is 24.3 Å². The molecule has 37 heavy (non-hydrogen) atoms. The van der Waals surface area contributed by atoms with Gasteiger partial charge < -0.3 is 19.2 Å². The van der Waals surface area contributed by atoms with Crippen LogP contribution in [0.25, 0.3) is 22.6 Å². The van der Waals surface area contributed by atoms with Gasteiger partial charge in [0.1, 0.15) is 11.3 Å². The van der Waals surface area contributed by atoms with Crippen LogP contribution in [-0.4, -0.2) is 30.0 Å². The van der Waals surface area contributed by atoms with Gasteiger partial charge in [-0.05, 0) is 49.4 Å². The summed E-state index contributed by atoms with van der Waals surface area (Å²) in [5, 5.41) is 2.77. The number of hydrogen-bond acceptors (Lipinski definition) is 6. The average Bonchev–Trinajstić information content (AvgIpc) is 3.30. The summed E-state index contributed by atoms with van der Waals surface area (Å²) < 4.78 is 56.9. The summed E-state index contributed by atoms with van der Waals surface area (Å²) in [6.45, 7) is 1.36. The number of benzene rings is 3. The molecule has 0 bridgehead atoms. The van der Waals surface area contributed by atoms with E-state index in [9.17, 15) is 22.8 Å². The van der Waals surface area contributed by atoms with Crippen molar-refractivity contribution in [2.75, 3.05) is 13.2 Å². The van der Waals surface area contributed by atoms with E-state index in [-0.39, 0.29) is 22.8 Å². The van der Waals surface area contributed by atoms with Gasteiger partial charge in [0.15, 0.2) is 12.2 Å². The molecule has 0 aliphatic rings. The Morgan fingerprint density at radius 3 is 2.59 bits per heavy atom. The Hall–Kier alpha value is -4.05. The van der Waals surface area contributed by atoms with Crippen LogP contribution in [0.1, 0.15) is 24.2 Å². The van der Waals surface area contributed by atoms with E-state index >= 15 is 0 Å². The number of nitrogens with one attached hydrogen (secondary N) is 1. The van der Waals surface area contributed by atoms with Gasteiger partial charge in [-0.2, -0.15) is 13.2 Å². The molecule has 1 atom stereocenters. The molecule has 0 aliphatic heterocycles. The highest BCUT2D eigenvalue weighted by Gasteiger charge is 2.33. The predicted octanol–water partition coefficient (Wildman–Crippen LogP) is 5.97. The Morgan fingerprint density at radius 1 is 1.08 bits per heavy atom. The van der Waals surface area contributed by atoms with Crippen molar-refractivity contribution in [1.29, 1.82) is 0 Å². The molecule has 0 saturated heterocycles. The summed E-state index contributed by atoms with van der Waals surface area (Å²) in [5.74, 6) is -1.47. The number of amides is 1. The number of likely N-dealkylation sites (N-methyl/N-ethyl adjacent to an activating group) is 1. The van der Waals surface area contributed by atoms with Crippen LogP contribution in [-0.2, 0) is 20.5 Å². The van der Waals surface area contributed by atoms with Crippen molar-refractivity contribution in [3.63, 3.8) is 0 Å². The maximum absolute atomic E-state index is 13.4. The van der Waals surface area contributed by atoms with Gasteiger partial charge in [0.05, 0.1) is 11.1 Å². The Kier molecular flexibility index (Phi) is 7.68. The van der Waals surface area contributed by atoms with Crippen LogP contribution in [0.5, 0.6) is 5.75 Å². The molecule has 4 aromatic rings. The number of nitrogens with zero attached hydrogens (tertiary/aromatic N) is 1. The first-order valence-corrected chi connectivity index (χ1v) is 11.5. The van der Waals surface area contributed by atoms with Gasteiger partial charge in [0, 0.05) is 17.1 Å². The molecule has 0 radical (unpaired) electrons. The Balaban J connectivity index is 1.73. The Morgan fingerprint density at radius 2 is 1.86 bits per heavy atom. The summed E-state index contributed by atoms with van der Waals surface area (Å²) in [6, 6.07) is 15.5. The largest absolute Gasteiger partial charge is 0.473 e. The molecule has 1 aromatic heterocycles. The van der Waals surface area contributed by atoms with E-state index in [0.29, 0.717) is 22.7 Å². The minimum atomic E-state index is -4.66. The molecular formula is C26H20ClF3N2O5. The van der Waals surface area contributed by atoms with E-state index in [1.807, 2.05) is 0 Å². The predicted molar refractivity (Wildman–Crippen MR) is 129 cm³/mol. The van der Waals surface area contributed by atoms with Crippen molar-refractivity contribution in [2.24, 2.45) is 0 Å². The van der Waals surface area contributed by atoms with Crippen LogP contribution in [0.3, 0.4) is 0 Å². The van der Waals surface area contributed by atoms with Gasteiger partial charge >= 0.3 is 12.1 Å². The van der Waals surface area contributed by atoms with E-state index in [1.54, 1.807) is 31.2 Å². The second-order valence-corrected chi connectivity index (χ2v) is 8.25. The number of carbonyl (C=O) groups excluding carboxylic acids is 2. The molecule has 192 valence electrons. The molecule has 0 aliphatic carbocycles. The molecule has 1 unspecified atom stereocenters. The molecule has 0 spiro atoms. The van der Waals surface area contributed by atoms with Crippen LogP contribution in [0, 0.1) is 0 Å². The number of oxazole rings is 1. The van der Waals surface area contributed by atoms with Crippen molar-refractivity contribution in [3.8, 4) is 17.2 Å². The van der Waals surface area contributed by atoms with Crippen LogP contribution in [0.15, 0.2) is 71.1 Å². The highest BCUT2D eigenvalue weighted by atomic mass is 35.5. The van der Waals surface area contributed by atoms with E-state index in [4.69, 9.17) is 25.5 Å². The summed E-state index contributed by atoms with van der Waals surface area (Å²) in [7, 11) is 0. The Labute approximate surface area is 214 Å². The van der Waals surface area contributed by atoms with Gasteiger partial charge in [-0.1, -0.05) is 35.9 Å². The van der Waals surface area contributed by atoms with Crippen molar-refractivity contribution in [1.82, 2.24) is 10.3 Å². The first-order chi connectivity index (χ1) is 17.7. The second-order valence-electron chi connectivity index (χ2n) is 7.81. The number of ether oxygens (including phenoxy) is 2. The second kappa shape index (κ2) is 10.9. The summed E-state index contributed by atoms with van der Waals surface area (Å²) in [5.41, 5.74) is 0.190. The SMILES string of the molecule is CCNC(=O)COC(=O)C(Oc1ccc(Cl)cc1-c1nc2ccccc2o1)c1cccc(C(F)(F)F)c1. The third kappa shape index (κ3) is 6.21. The van der Waals surface area contributed by atoms with Gasteiger partial charge in [-0.3, -0.25) is 4.79 Å². The lowest BCUT2D eigenvalue weighted by Gasteiger charge is -2.20. The standard InChI is InChI=1S/C26H20ClF3N2O5/c1-2-31-22(33)14-35-25(34)23(15-6-5-7-16(12-15)26(28,29)30)36-20-11-10-17(27)13-18(20)24-32-19-8-3-4-9-21(19)37-24/h3-13,23H,2,14H2,1H3,(H,31,33). The maximum Gasteiger partial charge on any atom is 0.416 e. The fraction of sp³-hybridized carbons (Fsp3) is 0.192. The maximum atomic E-state index is 13.4. The molecule has 1 heterocycles. The summed E-state index contributed by atoms with van der Waals surface area (Å²) in [6.07, 6.45) is -6.31. The number of rotatable bonds is 8. The lowest BCUT2D eigenvalue weighted by Crippen LogP contribution is -2.31. The first-order valence-electron chi connectivity index (χ1n) is 11.1. The number of halogens is 4. The fourth-order valence-electron chi connectivity index (χ4n) is 3.48. The zero-order valence-corrected chi connectivity index (χ0v) is 20.1. The van der Waals surface area contributed by atoms with E-state index in [2.05, 4.69) is 10.3 Å². The molecule has 7 nitrogen and oxygen atoms in total. The number of alkyl halides is 3. The van der Waals surface area contributed by atoms with Gasteiger partial charge in [-0.25, -0.2) is 9.78 Å². The van der Waals surface area contributed by atoms with Crippen molar-refractivity contribution in [3.05, 3.63) is 82.9 Å². The van der Waals surface area contributed by atoms with E-state index < -0.39 is 36.3 Å². The Bertz CT molecular complexity index is 1400. The molecule has 0 fully saturated rings. The number of esters is 1. The number of aromatic nitrogens is 1. The number of fused-ring (bicyclic) bond motifs is 1. The monoisotopic (exact) mass is 532 g/mol. The third-order valence-electron chi connectivity index (χ3n) is 5.16. The van der Waals surface area contributed by atoms with Crippen molar-refractivity contribution < 1.29 is 36.7 Å². The average molecular weight is 533 g/mol. The normalized spacial score (nSPS) is 12.2. The minimum Gasteiger partial charge on any atom is -0.473 e. The summed E-state index contributed by atoms with van der Waals surface area (Å²) in [4.78, 5) is 29.2. The molecule has 4 rings (SSSR count). The third-order valence-corrected chi connectivity index (χ3v) is 5.40. The quantitative estimate of drug-likeness (QED) is 0.281. The van der Waals surface area contributed by atoms with Crippen molar-refractivity contribution >= 4 is 34.6 Å². The molecule has 1 amide bonds. The lowest BCUT2D eigenvalue weighted by atomic mass is 10.1. The van der Waals surface area contributed by atoms with Crippen LogP contribution in [0.4, 0.5) is 13.2 Å². The summed E-state index contributed by atoms with van der Waals surface area (Å²) >= 11 is 6.18. The molecule has 0 saturated carbocycles. The van der Waals surface area contributed by atoms with Crippen LogP contribution < -0.4 is 10.1 Å². The lowest BCUT2D eigenvalue weighted by molar-refractivity contribution is -0.156. The number of para-hydroxylation sites is 2. The van der Waals surface area contributed by atoms with Crippen molar-refractivity contribution in [2.45, 2.75) is 19.2 Å².